The highest BCUT2D eigenvalue weighted by molar-refractivity contribution is 5.95. The quantitative estimate of drug-likeness (QED) is 0.644. The van der Waals surface area contributed by atoms with E-state index in [-0.39, 0.29) is 24.2 Å². The van der Waals surface area contributed by atoms with E-state index in [1.807, 2.05) is 0 Å². The Labute approximate surface area is 191 Å². The minimum atomic E-state index is -1.06. The molecule has 0 saturated carbocycles. The van der Waals surface area contributed by atoms with Gasteiger partial charge in [-0.05, 0) is 48.7 Å². The standard InChI is InChI=1S/C25H25FN4O3/c26-21-8-2-1-7-20(21)18-5-3-6-19(15-18)23(31)28-13-10-25(33,11-14-28)16-29-17-27-30-12-4-9-22(30)24(29)32/h1-9,12,15,27,33H,10-11,13-14,16-17H2. The molecule has 1 saturated heterocycles. The summed E-state index contributed by atoms with van der Waals surface area (Å²) in [5, 5.41) is 11.1. The molecule has 5 rings (SSSR count). The molecule has 0 aliphatic carbocycles. The lowest BCUT2D eigenvalue weighted by atomic mass is 9.90. The molecule has 8 heteroatoms. The van der Waals surface area contributed by atoms with Crippen molar-refractivity contribution in [3.8, 4) is 11.1 Å². The number of aliphatic hydroxyl groups is 1. The predicted octanol–water partition coefficient (Wildman–Crippen LogP) is 2.92. The lowest BCUT2D eigenvalue weighted by molar-refractivity contribution is -0.0369. The maximum Gasteiger partial charge on any atom is 0.273 e. The number of benzene rings is 2. The molecule has 7 nitrogen and oxygen atoms in total. The van der Waals surface area contributed by atoms with Gasteiger partial charge in [0.25, 0.3) is 11.8 Å². The molecule has 2 N–H and O–H groups in total. The summed E-state index contributed by atoms with van der Waals surface area (Å²) in [6.07, 6.45) is 2.53. The number of carbonyl (C=O) groups excluding carboxylic acids is 2. The number of piperidine rings is 1. The molecule has 2 amide bonds. The van der Waals surface area contributed by atoms with E-state index in [1.165, 1.54) is 6.07 Å². The van der Waals surface area contributed by atoms with Gasteiger partial charge in [-0.15, -0.1) is 0 Å². The van der Waals surface area contributed by atoms with E-state index < -0.39 is 5.60 Å². The Bertz CT molecular complexity index is 1200. The van der Waals surface area contributed by atoms with Gasteiger partial charge in [0.05, 0.1) is 12.1 Å². The number of nitrogens with one attached hydrogen (secondary N) is 1. The number of nitrogens with zero attached hydrogens (tertiary/aromatic N) is 3. The zero-order valence-corrected chi connectivity index (χ0v) is 18.1. The monoisotopic (exact) mass is 448 g/mol. The van der Waals surface area contributed by atoms with E-state index in [4.69, 9.17) is 0 Å². The Hall–Kier alpha value is -3.65. The van der Waals surface area contributed by atoms with E-state index in [9.17, 15) is 19.1 Å². The highest BCUT2D eigenvalue weighted by Crippen LogP contribution is 2.28. The van der Waals surface area contributed by atoms with Crippen molar-refractivity contribution in [2.24, 2.45) is 0 Å². The third-order valence-corrected chi connectivity index (χ3v) is 6.45. The first-order chi connectivity index (χ1) is 15.9. The van der Waals surface area contributed by atoms with Gasteiger partial charge in [-0.2, -0.15) is 0 Å². The molecule has 0 unspecified atom stereocenters. The molecule has 2 aliphatic heterocycles. The van der Waals surface area contributed by atoms with Crippen molar-refractivity contribution in [3.63, 3.8) is 0 Å². The first kappa shape index (κ1) is 21.2. The number of likely N-dealkylation sites (tertiary alicyclic amines) is 1. The van der Waals surface area contributed by atoms with Crippen LogP contribution < -0.4 is 5.43 Å². The molecule has 0 radical (unpaired) electrons. The van der Waals surface area contributed by atoms with Gasteiger partial charge >= 0.3 is 0 Å². The normalized spacial score (nSPS) is 17.5. The zero-order chi connectivity index (χ0) is 23.0. The second-order valence-electron chi connectivity index (χ2n) is 8.66. The molecule has 33 heavy (non-hydrogen) atoms. The number of β-amino-alcohol motifs (C(OH)–C–C–N with tert-alkyl or cyclic N) is 1. The lowest BCUT2D eigenvalue weighted by Crippen LogP contribution is -2.56. The molecular weight excluding hydrogens is 423 g/mol. The van der Waals surface area contributed by atoms with Crippen molar-refractivity contribution < 1.29 is 19.1 Å². The van der Waals surface area contributed by atoms with Gasteiger partial charge < -0.3 is 20.3 Å². The second-order valence-corrected chi connectivity index (χ2v) is 8.66. The van der Waals surface area contributed by atoms with Gasteiger partial charge in [-0.3, -0.25) is 14.3 Å². The number of hydrogen-bond donors (Lipinski definition) is 2. The highest BCUT2D eigenvalue weighted by Gasteiger charge is 2.38. The van der Waals surface area contributed by atoms with E-state index in [1.54, 1.807) is 75.3 Å². The van der Waals surface area contributed by atoms with Crippen LogP contribution >= 0.6 is 0 Å². The summed E-state index contributed by atoms with van der Waals surface area (Å²) < 4.78 is 15.9. The van der Waals surface area contributed by atoms with Crippen LogP contribution in [-0.2, 0) is 0 Å². The maximum atomic E-state index is 14.2. The summed E-state index contributed by atoms with van der Waals surface area (Å²) in [5.74, 6) is -0.612. The molecule has 1 aromatic heterocycles. The summed E-state index contributed by atoms with van der Waals surface area (Å²) >= 11 is 0. The average Bonchev–Trinajstić information content (AvgIpc) is 3.31. The third kappa shape index (κ3) is 4.09. The summed E-state index contributed by atoms with van der Waals surface area (Å²) in [6.45, 7) is 1.28. The fourth-order valence-corrected chi connectivity index (χ4v) is 4.55. The minimum Gasteiger partial charge on any atom is -0.388 e. The molecule has 3 aromatic rings. The number of amides is 2. The molecule has 2 aromatic carbocycles. The maximum absolute atomic E-state index is 14.2. The molecule has 0 atom stereocenters. The molecule has 0 bridgehead atoms. The van der Waals surface area contributed by atoms with Crippen molar-refractivity contribution >= 4 is 11.8 Å². The Morgan fingerprint density at radius 2 is 1.85 bits per heavy atom. The van der Waals surface area contributed by atoms with Crippen LogP contribution in [0.1, 0.15) is 33.7 Å². The van der Waals surface area contributed by atoms with Crippen LogP contribution in [0, 0.1) is 5.82 Å². The number of carbonyl (C=O) groups is 2. The van der Waals surface area contributed by atoms with Gasteiger partial charge in [0.15, 0.2) is 0 Å². The van der Waals surface area contributed by atoms with E-state index in [0.717, 1.165) is 0 Å². The Morgan fingerprint density at radius 1 is 1.06 bits per heavy atom. The van der Waals surface area contributed by atoms with Crippen molar-refractivity contribution in [2.75, 3.05) is 31.7 Å². The first-order valence-corrected chi connectivity index (χ1v) is 11.0. The Morgan fingerprint density at radius 3 is 2.64 bits per heavy atom. The van der Waals surface area contributed by atoms with Crippen molar-refractivity contribution in [1.29, 1.82) is 0 Å². The topological polar surface area (TPSA) is 77.8 Å². The van der Waals surface area contributed by atoms with E-state index in [2.05, 4.69) is 5.43 Å². The van der Waals surface area contributed by atoms with Crippen LogP contribution in [0.3, 0.4) is 0 Å². The first-order valence-electron chi connectivity index (χ1n) is 11.0. The summed E-state index contributed by atoms with van der Waals surface area (Å²) in [6, 6.07) is 17.0. The number of rotatable bonds is 4. The van der Waals surface area contributed by atoms with Gasteiger partial charge in [0.2, 0.25) is 0 Å². The van der Waals surface area contributed by atoms with E-state index in [0.29, 0.717) is 55.0 Å². The van der Waals surface area contributed by atoms with Crippen LogP contribution in [0.4, 0.5) is 4.39 Å². The second kappa shape index (κ2) is 8.37. The number of aromatic nitrogens is 1. The smallest absolute Gasteiger partial charge is 0.273 e. The SMILES string of the molecule is O=C(c1cccc(-c2ccccc2F)c1)N1CCC(O)(CN2CNn3cccc3C2=O)CC1. The summed E-state index contributed by atoms with van der Waals surface area (Å²) in [7, 11) is 0. The number of fused-ring (bicyclic) bond motifs is 1. The Kier molecular flexibility index (Phi) is 5.38. The van der Waals surface area contributed by atoms with Crippen LogP contribution in [0.2, 0.25) is 0 Å². The summed E-state index contributed by atoms with van der Waals surface area (Å²) in [5.41, 5.74) is 4.18. The molecule has 3 heterocycles. The van der Waals surface area contributed by atoms with Gasteiger partial charge in [0, 0.05) is 30.4 Å². The summed E-state index contributed by atoms with van der Waals surface area (Å²) in [4.78, 5) is 29.1. The van der Waals surface area contributed by atoms with Gasteiger partial charge in [0.1, 0.15) is 18.2 Å². The molecule has 2 aliphatic rings. The average molecular weight is 448 g/mol. The van der Waals surface area contributed by atoms with E-state index >= 15 is 0 Å². The number of halogens is 1. The van der Waals surface area contributed by atoms with Crippen LogP contribution in [-0.4, -0.2) is 63.3 Å². The van der Waals surface area contributed by atoms with Crippen molar-refractivity contribution in [1.82, 2.24) is 14.5 Å². The zero-order valence-electron chi connectivity index (χ0n) is 18.1. The van der Waals surface area contributed by atoms with Crippen LogP contribution in [0.15, 0.2) is 66.9 Å². The largest absolute Gasteiger partial charge is 0.388 e. The van der Waals surface area contributed by atoms with Crippen LogP contribution in [0.25, 0.3) is 11.1 Å². The molecule has 1 fully saturated rings. The molecule has 170 valence electrons. The predicted molar refractivity (Wildman–Crippen MR) is 122 cm³/mol. The van der Waals surface area contributed by atoms with Crippen LogP contribution in [0.5, 0.6) is 0 Å². The van der Waals surface area contributed by atoms with Crippen molar-refractivity contribution in [3.05, 3.63) is 83.9 Å². The van der Waals surface area contributed by atoms with Crippen molar-refractivity contribution in [2.45, 2.75) is 18.4 Å². The fraction of sp³-hybridized carbons (Fsp3) is 0.280. The minimum absolute atomic E-state index is 0.129. The highest BCUT2D eigenvalue weighted by atomic mass is 19.1. The lowest BCUT2D eigenvalue weighted by Gasteiger charge is -2.42. The molecular formula is C25H25FN4O3. The molecule has 0 spiro atoms. The third-order valence-electron chi connectivity index (χ3n) is 6.45. The number of hydrogen-bond acceptors (Lipinski definition) is 4. The Balaban J connectivity index is 1.24. The van der Waals surface area contributed by atoms with Gasteiger partial charge in [-0.1, -0.05) is 30.3 Å². The van der Waals surface area contributed by atoms with Gasteiger partial charge in [-0.25, -0.2) is 4.39 Å². The fourth-order valence-electron chi connectivity index (χ4n) is 4.55.